The summed E-state index contributed by atoms with van der Waals surface area (Å²) in [5.74, 6) is -0.455. The molecule has 114 valence electrons. The fraction of sp³-hybridized carbons (Fsp3) is 0.500. The van der Waals surface area contributed by atoms with Crippen molar-refractivity contribution in [1.82, 2.24) is 14.9 Å². The summed E-state index contributed by atoms with van der Waals surface area (Å²) in [6.07, 6.45) is 0.284. The van der Waals surface area contributed by atoms with Gasteiger partial charge in [0.1, 0.15) is 5.54 Å². The molecule has 2 fully saturated rings. The molecule has 2 N–H and O–H groups in total. The number of aryl methyl sites for hydroxylation is 2. The van der Waals surface area contributed by atoms with Gasteiger partial charge in [-0.3, -0.25) is 10.1 Å². The van der Waals surface area contributed by atoms with E-state index in [2.05, 4.69) is 10.6 Å². The number of imide groups is 1. The molecule has 21 heavy (non-hydrogen) atoms. The molecule has 3 heterocycles. The van der Waals surface area contributed by atoms with Gasteiger partial charge in [-0.15, -0.1) is 11.3 Å². The van der Waals surface area contributed by atoms with E-state index in [1.165, 1.54) is 15.6 Å². The number of rotatable bonds is 2. The molecule has 0 radical (unpaired) electrons. The van der Waals surface area contributed by atoms with Gasteiger partial charge in [-0.25, -0.2) is 13.2 Å². The van der Waals surface area contributed by atoms with Gasteiger partial charge in [0, 0.05) is 22.8 Å². The van der Waals surface area contributed by atoms with Crippen LogP contribution in [-0.4, -0.2) is 43.3 Å². The predicted molar refractivity (Wildman–Crippen MR) is 76.6 cm³/mol. The van der Waals surface area contributed by atoms with Crippen LogP contribution >= 0.6 is 11.3 Å². The van der Waals surface area contributed by atoms with Crippen LogP contribution in [0.3, 0.4) is 0 Å². The molecule has 7 nitrogen and oxygen atoms in total. The highest BCUT2D eigenvalue weighted by molar-refractivity contribution is 7.89. The standard InChI is InChI=1S/C12H15N3O4S2/c1-7-5-9(8(2)20-7)21(18,19)15-4-3-12(6-15)10(16)13-11(17)14-12/h5H,3-4,6H2,1-2H3,(H2,13,14,16,17). The highest BCUT2D eigenvalue weighted by atomic mass is 32.2. The number of nitrogens with one attached hydrogen (secondary N) is 2. The Kier molecular flexibility index (Phi) is 3.12. The van der Waals surface area contributed by atoms with Crippen molar-refractivity contribution in [1.29, 1.82) is 0 Å². The summed E-state index contributed by atoms with van der Waals surface area (Å²) in [4.78, 5) is 25.1. The zero-order chi connectivity index (χ0) is 15.4. The second-order valence-electron chi connectivity index (χ2n) is 5.36. The quantitative estimate of drug-likeness (QED) is 0.765. The minimum atomic E-state index is -3.64. The van der Waals surface area contributed by atoms with Crippen molar-refractivity contribution in [2.24, 2.45) is 0 Å². The van der Waals surface area contributed by atoms with Gasteiger partial charge in [0.2, 0.25) is 10.0 Å². The lowest BCUT2D eigenvalue weighted by molar-refractivity contribution is -0.123. The summed E-state index contributed by atoms with van der Waals surface area (Å²) in [6, 6.07) is 1.08. The normalized spacial score (nSPS) is 26.4. The Labute approximate surface area is 126 Å². The largest absolute Gasteiger partial charge is 0.322 e. The maximum atomic E-state index is 12.7. The van der Waals surface area contributed by atoms with Gasteiger partial charge >= 0.3 is 6.03 Å². The van der Waals surface area contributed by atoms with Crippen LogP contribution in [0.25, 0.3) is 0 Å². The number of hydrogen-bond acceptors (Lipinski definition) is 5. The highest BCUT2D eigenvalue weighted by Gasteiger charge is 2.53. The highest BCUT2D eigenvalue weighted by Crippen LogP contribution is 2.33. The van der Waals surface area contributed by atoms with E-state index >= 15 is 0 Å². The summed E-state index contributed by atoms with van der Waals surface area (Å²) in [7, 11) is -3.64. The van der Waals surface area contributed by atoms with Crippen LogP contribution in [0.1, 0.15) is 16.2 Å². The van der Waals surface area contributed by atoms with Crippen molar-refractivity contribution < 1.29 is 18.0 Å². The maximum absolute atomic E-state index is 12.7. The van der Waals surface area contributed by atoms with Crippen molar-refractivity contribution in [3.05, 3.63) is 15.8 Å². The maximum Gasteiger partial charge on any atom is 0.322 e. The first-order valence-corrected chi connectivity index (χ1v) is 8.71. The molecule has 0 aliphatic carbocycles. The van der Waals surface area contributed by atoms with Crippen molar-refractivity contribution in [3.8, 4) is 0 Å². The smallest absolute Gasteiger partial charge is 0.322 e. The first-order chi connectivity index (χ1) is 9.74. The van der Waals surface area contributed by atoms with E-state index in [1.807, 2.05) is 6.92 Å². The average Bonchev–Trinajstić information content (AvgIpc) is 3.01. The third-order valence-corrected chi connectivity index (χ3v) is 6.93. The molecule has 1 unspecified atom stereocenters. The van der Waals surface area contributed by atoms with Gasteiger partial charge in [0.25, 0.3) is 5.91 Å². The van der Waals surface area contributed by atoms with E-state index in [-0.39, 0.29) is 24.4 Å². The van der Waals surface area contributed by atoms with Crippen LogP contribution < -0.4 is 10.6 Å². The number of nitrogens with zero attached hydrogens (tertiary/aromatic N) is 1. The predicted octanol–water partition coefficient (Wildman–Crippen LogP) is 0.338. The van der Waals surface area contributed by atoms with Gasteiger partial charge in [0.15, 0.2) is 0 Å². The molecule has 0 saturated carbocycles. The van der Waals surface area contributed by atoms with Crippen LogP contribution in [-0.2, 0) is 14.8 Å². The van der Waals surface area contributed by atoms with E-state index in [4.69, 9.17) is 0 Å². The molecule has 9 heteroatoms. The summed E-state index contributed by atoms with van der Waals surface area (Å²) >= 11 is 1.42. The monoisotopic (exact) mass is 329 g/mol. The molecule has 2 aliphatic heterocycles. The molecule has 0 aromatic carbocycles. The zero-order valence-corrected chi connectivity index (χ0v) is 13.2. The number of carbonyl (C=O) groups is 2. The van der Waals surface area contributed by atoms with Gasteiger partial charge in [-0.05, 0) is 26.3 Å². The molecular weight excluding hydrogens is 314 g/mol. The Bertz CT molecular complexity index is 740. The summed E-state index contributed by atoms with van der Waals surface area (Å²) < 4.78 is 26.6. The minimum Gasteiger partial charge on any atom is -0.322 e. The van der Waals surface area contributed by atoms with Gasteiger partial charge < -0.3 is 5.32 Å². The lowest BCUT2D eigenvalue weighted by Crippen LogP contribution is -2.49. The molecule has 2 aliphatic rings. The number of sulfonamides is 1. The fourth-order valence-electron chi connectivity index (χ4n) is 2.80. The number of thiophene rings is 1. The molecule has 1 spiro atoms. The van der Waals surface area contributed by atoms with Crippen molar-refractivity contribution in [3.63, 3.8) is 0 Å². The van der Waals surface area contributed by atoms with E-state index in [0.717, 1.165) is 9.75 Å². The second-order valence-corrected chi connectivity index (χ2v) is 8.72. The number of amides is 3. The molecule has 1 atom stereocenters. The third-order valence-electron chi connectivity index (χ3n) is 3.86. The lowest BCUT2D eigenvalue weighted by Gasteiger charge is -2.20. The Morgan fingerprint density at radius 1 is 1.33 bits per heavy atom. The topological polar surface area (TPSA) is 95.6 Å². The van der Waals surface area contributed by atoms with E-state index in [0.29, 0.717) is 0 Å². The van der Waals surface area contributed by atoms with Crippen molar-refractivity contribution in [2.75, 3.05) is 13.1 Å². The Morgan fingerprint density at radius 3 is 2.57 bits per heavy atom. The molecule has 3 rings (SSSR count). The average molecular weight is 329 g/mol. The number of carbonyl (C=O) groups excluding carboxylic acids is 2. The van der Waals surface area contributed by atoms with Gasteiger partial charge in [0.05, 0.1) is 4.90 Å². The Morgan fingerprint density at radius 2 is 2.05 bits per heavy atom. The number of hydrogen-bond donors (Lipinski definition) is 2. The van der Waals surface area contributed by atoms with Crippen LogP contribution in [0.2, 0.25) is 0 Å². The van der Waals surface area contributed by atoms with E-state index in [9.17, 15) is 18.0 Å². The summed E-state index contributed by atoms with van der Waals surface area (Å²) in [5.41, 5.74) is -1.12. The van der Waals surface area contributed by atoms with E-state index in [1.54, 1.807) is 13.0 Å². The Hall–Kier alpha value is -1.45. The Balaban J connectivity index is 1.91. The molecular formula is C12H15N3O4S2. The number of urea groups is 1. The van der Waals surface area contributed by atoms with Crippen LogP contribution in [0, 0.1) is 13.8 Å². The SMILES string of the molecule is Cc1cc(S(=O)(=O)N2CCC3(C2)NC(=O)NC3=O)c(C)s1. The zero-order valence-electron chi connectivity index (χ0n) is 11.6. The third kappa shape index (κ3) is 2.16. The molecule has 0 bridgehead atoms. The van der Waals surface area contributed by atoms with Crippen LogP contribution in [0.4, 0.5) is 4.79 Å². The molecule has 1 aromatic rings. The lowest BCUT2D eigenvalue weighted by atomic mass is 10.00. The van der Waals surface area contributed by atoms with Crippen molar-refractivity contribution in [2.45, 2.75) is 30.7 Å². The first-order valence-electron chi connectivity index (χ1n) is 6.45. The first kappa shape index (κ1) is 14.5. The van der Waals surface area contributed by atoms with Gasteiger partial charge in [-0.2, -0.15) is 4.31 Å². The van der Waals surface area contributed by atoms with Gasteiger partial charge in [-0.1, -0.05) is 0 Å². The van der Waals surface area contributed by atoms with Crippen LogP contribution in [0.5, 0.6) is 0 Å². The fourth-order valence-corrected chi connectivity index (χ4v) is 5.82. The minimum absolute atomic E-state index is 0.0265. The summed E-state index contributed by atoms with van der Waals surface area (Å²) in [5, 5.41) is 4.72. The second kappa shape index (κ2) is 4.52. The molecule has 3 amide bonds. The van der Waals surface area contributed by atoms with Crippen LogP contribution in [0.15, 0.2) is 11.0 Å². The van der Waals surface area contributed by atoms with E-state index < -0.39 is 27.5 Å². The summed E-state index contributed by atoms with van der Waals surface area (Å²) in [6.45, 7) is 3.80. The molecule has 1 aromatic heterocycles. The van der Waals surface area contributed by atoms with Crippen molar-refractivity contribution >= 4 is 33.3 Å². The molecule has 2 saturated heterocycles.